The molecule has 4 amide bonds. The first kappa shape index (κ1) is 45.3. The van der Waals surface area contributed by atoms with E-state index in [4.69, 9.17) is 26.9 Å². The van der Waals surface area contributed by atoms with Crippen molar-refractivity contribution in [3.05, 3.63) is 35.9 Å². The number of hydrogen-bond acceptors (Lipinski definition) is 15. The van der Waals surface area contributed by atoms with E-state index in [1.54, 1.807) is 9.80 Å². The lowest BCUT2D eigenvalue weighted by molar-refractivity contribution is -0.145. The largest absolute Gasteiger partial charge is 0.461 e. The topological polar surface area (TPSA) is 269 Å². The first-order valence-electron chi connectivity index (χ1n) is 19.6. The third-order valence-corrected chi connectivity index (χ3v) is 8.79. The van der Waals surface area contributed by atoms with Crippen LogP contribution in [0.4, 0.5) is 17.8 Å². The molecule has 56 heavy (non-hydrogen) atoms. The molecule has 2 aromatic rings. The van der Waals surface area contributed by atoms with Crippen LogP contribution in [-0.2, 0) is 35.3 Å². The molecule has 2 heterocycles. The zero-order valence-electron chi connectivity index (χ0n) is 32.5. The summed E-state index contributed by atoms with van der Waals surface area (Å²) in [5, 5.41) is 11.7. The van der Waals surface area contributed by atoms with Gasteiger partial charge in [-0.05, 0) is 50.9 Å². The normalized spacial score (nSPS) is 12.5. The first-order valence-corrected chi connectivity index (χ1v) is 19.6. The Kier molecular flexibility index (Phi) is 21.5. The molecule has 10 N–H and O–H groups in total. The Balaban J connectivity index is 1.68. The van der Waals surface area contributed by atoms with Crippen LogP contribution in [0, 0.1) is 0 Å². The lowest BCUT2D eigenvalue weighted by Crippen LogP contribution is -2.49. The highest BCUT2D eigenvalue weighted by atomic mass is 16.5. The molecular weight excluding hydrogens is 722 g/mol. The monoisotopic (exact) mass is 783 g/mol. The second-order valence-corrected chi connectivity index (χ2v) is 13.3. The van der Waals surface area contributed by atoms with Gasteiger partial charge in [-0.25, -0.2) is 0 Å². The van der Waals surface area contributed by atoms with Crippen molar-refractivity contribution in [1.82, 2.24) is 35.8 Å². The smallest absolute Gasteiger partial charge is 0.306 e. The van der Waals surface area contributed by atoms with Crippen molar-refractivity contribution < 1.29 is 28.7 Å². The molecule has 0 unspecified atom stereocenters. The van der Waals surface area contributed by atoms with Crippen LogP contribution in [0.1, 0.15) is 63.4 Å². The second kappa shape index (κ2) is 26.6. The predicted octanol–water partition coefficient (Wildman–Crippen LogP) is -0.783. The number of nitrogens with two attached hydrogens (primary N) is 3. The molecule has 19 nitrogen and oxygen atoms in total. The molecule has 310 valence electrons. The number of piperazine rings is 1. The zero-order valence-corrected chi connectivity index (χ0v) is 32.5. The molecule has 0 bridgehead atoms. The molecule has 1 fully saturated rings. The van der Waals surface area contributed by atoms with E-state index in [9.17, 15) is 24.0 Å². The summed E-state index contributed by atoms with van der Waals surface area (Å²) < 4.78 is 5.33. The molecule has 0 aliphatic carbocycles. The summed E-state index contributed by atoms with van der Waals surface area (Å²) >= 11 is 0. The fourth-order valence-electron chi connectivity index (χ4n) is 5.55. The standard InChI is InChI=1S/C37H61N13O6/c38-15-5-18-41-30(51)12-21-44-35-45-36(49(22-13-31(52)42-19-6-16-39)23-14-32(53)43-20-7-17-40)47-37(46-35)50-26-24-48(25-27-50)33(54)10-4-11-34(55)56-28-29-8-2-1-3-9-29/h1-3,8-9H,4-7,10-28,38-40H2,(H,41,51)(H,42,52)(H,43,53)(H,44,45,46,47). The minimum Gasteiger partial charge on any atom is -0.461 e. The molecule has 0 spiro atoms. The Morgan fingerprint density at radius 3 is 1.80 bits per heavy atom. The van der Waals surface area contributed by atoms with Gasteiger partial charge in [-0.3, -0.25) is 24.0 Å². The molecule has 1 aromatic carbocycles. The Hall–Kier alpha value is -5.14. The Morgan fingerprint density at radius 1 is 0.661 bits per heavy atom. The summed E-state index contributed by atoms with van der Waals surface area (Å²) in [5.74, 6) is -0.0553. The quantitative estimate of drug-likeness (QED) is 0.0433. The number of carbonyl (C=O) groups is 5. The van der Waals surface area contributed by atoms with E-state index in [1.165, 1.54) is 0 Å². The van der Waals surface area contributed by atoms with Crippen molar-refractivity contribution >= 4 is 47.4 Å². The molecule has 1 aliphatic rings. The number of amides is 4. The molecule has 1 saturated heterocycles. The van der Waals surface area contributed by atoms with E-state index in [1.807, 2.05) is 35.2 Å². The second-order valence-electron chi connectivity index (χ2n) is 13.3. The molecule has 3 rings (SSSR count). The highest BCUT2D eigenvalue weighted by Crippen LogP contribution is 2.20. The highest BCUT2D eigenvalue weighted by molar-refractivity contribution is 5.78. The van der Waals surface area contributed by atoms with E-state index in [-0.39, 0.29) is 99.8 Å². The number of aromatic nitrogens is 3. The van der Waals surface area contributed by atoms with Crippen LogP contribution < -0.4 is 48.3 Å². The molecule has 0 atom stereocenters. The Morgan fingerprint density at radius 2 is 1.23 bits per heavy atom. The SMILES string of the molecule is NCCCNC(=O)CCNc1nc(N(CCC(=O)NCCCN)CCC(=O)NCCCN)nc(N2CCN(C(=O)CCCC(=O)OCc3ccccc3)CC2)n1. The maximum absolute atomic E-state index is 13.1. The van der Waals surface area contributed by atoms with Gasteiger partial charge in [0.2, 0.25) is 41.5 Å². The lowest BCUT2D eigenvalue weighted by Gasteiger charge is -2.35. The molecule has 0 radical (unpaired) electrons. The van der Waals surface area contributed by atoms with E-state index in [0.29, 0.717) is 97.1 Å². The molecule has 1 aliphatic heterocycles. The number of anilines is 3. The van der Waals surface area contributed by atoms with Crippen LogP contribution in [0.25, 0.3) is 0 Å². The van der Waals surface area contributed by atoms with Crippen molar-refractivity contribution in [3.63, 3.8) is 0 Å². The van der Waals surface area contributed by atoms with Gasteiger partial charge < -0.3 is 57.9 Å². The van der Waals surface area contributed by atoms with Gasteiger partial charge in [0, 0.05) is 97.6 Å². The fourth-order valence-corrected chi connectivity index (χ4v) is 5.55. The van der Waals surface area contributed by atoms with Crippen LogP contribution in [0.15, 0.2) is 30.3 Å². The number of nitrogens with zero attached hydrogens (tertiary/aromatic N) is 6. The predicted molar refractivity (Wildman–Crippen MR) is 213 cm³/mol. The van der Waals surface area contributed by atoms with Gasteiger partial charge in [-0.1, -0.05) is 30.3 Å². The number of esters is 1. The fraction of sp³-hybridized carbons (Fsp3) is 0.622. The van der Waals surface area contributed by atoms with Crippen LogP contribution in [0.5, 0.6) is 0 Å². The zero-order chi connectivity index (χ0) is 40.4. The van der Waals surface area contributed by atoms with Crippen LogP contribution in [0.3, 0.4) is 0 Å². The summed E-state index contributed by atoms with van der Waals surface area (Å²) in [6.45, 7) is 5.38. The number of hydrogen-bond donors (Lipinski definition) is 7. The van der Waals surface area contributed by atoms with Gasteiger partial charge in [0.1, 0.15) is 6.61 Å². The maximum Gasteiger partial charge on any atom is 0.306 e. The molecule has 1 aromatic heterocycles. The highest BCUT2D eigenvalue weighted by Gasteiger charge is 2.25. The number of rotatable bonds is 27. The number of nitrogens with one attached hydrogen (secondary N) is 4. The lowest BCUT2D eigenvalue weighted by atomic mass is 10.2. The third-order valence-electron chi connectivity index (χ3n) is 8.79. The summed E-state index contributed by atoms with van der Waals surface area (Å²) in [6, 6.07) is 9.42. The number of carbonyl (C=O) groups excluding carboxylic acids is 5. The van der Waals surface area contributed by atoms with Crippen molar-refractivity contribution in [2.45, 2.75) is 64.4 Å². The average Bonchev–Trinajstić information content (AvgIpc) is 3.20. The Labute approximate surface area is 329 Å². The van der Waals surface area contributed by atoms with E-state index in [2.05, 4.69) is 31.2 Å². The summed E-state index contributed by atoms with van der Waals surface area (Å²) in [7, 11) is 0. The van der Waals surface area contributed by atoms with Crippen molar-refractivity contribution in [3.8, 4) is 0 Å². The van der Waals surface area contributed by atoms with E-state index >= 15 is 0 Å². The molecule has 19 heteroatoms. The van der Waals surface area contributed by atoms with Gasteiger partial charge >= 0.3 is 5.97 Å². The minimum absolute atomic E-state index is 0.0513. The Bertz CT molecular complexity index is 1470. The van der Waals surface area contributed by atoms with E-state index in [0.717, 1.165) is 5.56 Å². The third kappa shape index (κ3) is 18.0. The van der Waals surface area contributed by atoms with Crippen molar-refractivity contribution in [1.29, 1.82) is 0 Å². The first-order chi connectivity index (χ1) is 27.2. The van der Waals surface area contributed by atoms with Gasteiger partial charge in [0.25, 0.3) is 0 Å². The maximum atomic E-state index is 13.1. The van der Waals surface area contributed by atoms with Gasteiger partial charge in [0.05, 0.1) is 0 Å². The van der Waals surface area contributed by atoms with Crippen molar-refractivity contribution in [2.24, 2.45) is 17.2 Å². The molecular formula is C37H61N13O6. The summed E-state index contributed by atoms with van der Waals surface area (Å²) in [4.78, 5) is 82.5. The van der Waals surface area contributed by atoms with Crippen LogP contribution in [0.2, 0.25) is 0 Å². The molecule has 0 saturated carbocycles. The van der Waals surface area contributed by atoms with Gasteiger partial charge in [-0.15, -0.1) is 0 Å². The summed E-state index contributed by atoms with van der Waals surface area (Å²) in [6.07, 6.45) is 3.15. The number of ether oxygens (including phenoxy) is 1. The minimum atomic E-state index is -0.345. The van der Waals surface area contributed by atoms with Crippen LogP contribution in [-0.4, -0.2) is 135 Å². The van der Waals surface area contributed by atoms with E-state index < -0.39 is 0 Å². The van der Waals surface area contributed by atoms with Crippen LogP contribution >= 0.6 is 0 Å². The number of benzene rings is 1. The summed E-state index contributed by atoms with van der Waals surface area (Å²) in [5.41, 5.74) is 17.6. The van der Waals surface area contributed by atoms with Gasteiger partial charge in [-0.2, -0.15) is 15.0 Å². The van der Waals surface area contributed by atoms with Gasteiger partial charge in [0.15, 0.2) is 0 Å². The van der Waals surface area contributed by atoms with Crippen molar-refractivity contribution in [2.75, 3.05) is 100 Å². The average molecular weight is 784 g/mol.